The molecule has 0 radical (unpaired) electrons. The van der Waals surface area contributed by atoms with Crippen LogP contribution < -0.4 is 20.1 Å². The molecule has 5 N–H and O–H groups in total. The standard InChI is InChI=1S/C23H32N2O3/c1-17(12-13-19-8-4-3-5-9-19)24-14-20(26)15-25-18(2)23-16-27-21-10-6-7-11-22(21)28-23/h3-11,17-18,20,23-26H,12-16H2,1-2H3/p+2/t17-,18+,20-,23+/m0/s1. The van der Waals surface area contributed by atoms with Crippen LogP contribution in [0.4, 0.5) is 0 Å². The van der Waals surface area contributed by atoms with E-state index in [1.807, 2.05) is 24.3 Å². The average Bonchev–Trinajstić information content (AvgIpc) is 2.75. The minimum atomic E-state index is -0.335. The predicted octanol–water partition coefficient (Wildman–Crippen LogP) is 0.724. The van der Waals surface area contributed by atoms with E-state index in [2.05, 4.69) is 54.8 Å². The monoisotopic (exact) mass is 386 g/mol. The van der Waals surface area contributed by atoms with Crippen LogP contribution in [0, 0.1) is 0 Å². The molecule has 0 fully saturated rings. The predicted molar refractivity (Wildman–Crippen MR) is 110 cm³/mol. The molecular formula is C23H34N2O3+2. The highest BCUT2D eigenvalue weighted by Crippen LogP contribution is 2.31. The van der Waals surface area contributed by atoms with Crippen LogP contribution in [0.3, 0.4) is 0 Å². The van der Waals surface area contributed by atoms with Gasteiger partial charge in [-0.2, -0.15) is 0 Å². The first-order chi connectivity index (χ1) is 13.6. The fourth-order valence-corrected chi connectivity index (χ4v) is 3.46. The van der Waals surface area contributed by atoms with Crippen molar-refractivity contribution >= 4 is 0 Å². The maximum absolute atomic E-state index is 10.4. The lowest BCUT2D eigenvalue weighted by Crippen LogP contribution is -2.97. The lowest BCUT2D eigenvalue weighted by molar-refractivity contribution is -0.722. The molecule has 2 aromatic carbocycles. The normalized spacial score (nSPS) is 19.0. The molecule has 0 aromatic heterocycles. The topological polar surface area (TPSA) is 71.9 Å². The quantitative estimate of drug-likeness (QED) is 0.564. The zero-order valence-electron chi connectivity index (χ0n) is 17.0. The Morgan fingerprint density at radius 3 is 2.43 bits per heavy atom. The number of quaternary nitrogens is 2. The second-order valence-corrected chi connectivity index (χ2v) is 7.87. The number of aliphatic hydroxyl groups is 1. The van der Waals surface area contributed by atoms with Gasteiger partial charge in [0.15, 0.2) is 23.7 Å². The molecule has 0 spiro atoms. The largest absolute Gasteiger partial charge is 0.486 e. The number of rotatable bonds is 10. The summed E-state index contributed by atoms with van der Waals surface area (Å²) in [4.78, 5) is 0. The second kappa shape index (κ2) is 10.5. The Balaban J connectivity index is 1.32. The van der Waals surface area contributed by atoms with E-state index in [-0.39, 0.29) is 18.2 Å². The molecule has 0 saturated carbocycles. The Morgan fingerprint density at radius 1 is 0.964 bits per heavy atom. The third-order valence-electron chi connectivity index (χ3n) is 5.44. The van der Waals surface area contributed by atoms with Gasteiger partial charge in [-0.1, -0.05) is 42.5 Å². The molecule has 4 atom stereocenters. The van der Waals surface area contributed by atoms with Crippen molar-refractivity contribution in [2.24, 2.45) is 0 Å². The summed E-state index contributed by atoms with van der Waals surface area (Å²) in [5.74, 6) is 1.62. The van der Waals surface area contributed by atoms with Crippen molar-refractivity contribution in [2.45, 2.75) is 51.0 Å². The third kappa shape index (κ3) is 6.23. The number of nitrogens with two attached hydrogens (primary N) is 2. The summed E-state index contributed by atoms with van der Waals surface area (Å²) in [6, 6.07) is 19.1. The lowest BCUT2D eigenvalue weighted by Gasteiger charge is -2.29. The molecule has 2 aromatic rings. The Bertz CT molecular complexity index is 710. The Kier molecular flexibility index (Phi) is 7.71. The van der Waals surface area contributed by atoms with E-state index < -0.39 is 0 Å². The van der Waals surface area contributed by atoms with Gasteiger partial charge in [0.05, 0.1) is 6.04 Å². The van der Waals surface area contributed by atoms with Crippen molar-refractivity contribution in [3.8, 4) is 11.5 Å². The number of aliphatic hydroxyl groups excluding tert-OH is 1. The summed E-state index contributed by atoms with van der Waals surface area (Å²) >= 11 is 0. The Labute approximate surface area is 168 Å². The van der Waals surface area contributed by atoms with Crippen molar-refractivity contribution in [3.63, 3.8) is 0 Å². The molecule has 1 aliphatic heterocycles. The van der Waals surface area contributed by atoms with Gasteiger partial charge in [0.2, 0.25) is 0 Å². The van der Waals surface area contributed by atoms with Crippen LogP contribution in [0.5, 0.6) is 11.5 Å². The third-order valence-corrected chi connectivity index (χ3v) is 5.44. The highest BCUT2D eigenvalue weighted by molar-refractivity contribution is 5.40. The first kappa shape index (κ1) is 20.6. The van der Waals surface area contributed by atoms with Gasteiger partial charge in [-0.05, 0) is 38.0 Å². The summed E-state index contributed by atoms with van der Waals surface area (Å²) in [5, 5.41) is 14.8. The van der Waals surface area contributed by atoms with Crippen LogP contribution in [-0.4, -0.2) is 49.1 Å². The minimum Gasteiger partial charge on any atom is -0.486 e. The van der Waals surface area contributed by atoms with Gasteiger partial charge in [0.1, 0.15) is 25.7 Å². The lowest BCUT2D eigenvalue weighted by atomic mass is 10.1. The fourth-order valence-electron chi connectivity index (χ4n) is 3.46. The summed E-state index contributed by atoms with van der Waals surface area (Å²) in [6.45, 7) is 6.30. The number of ether oxygens (including phenoxy) is 2. The number of hydrogen-bond acceptors (Lipinski definition) is 3. The van der Waals surface area contributed by atoms with Crippen LogP contribution in [-0.2, 0) is 6.42 Å². The zero-order valence-corrected chi connectivity index (χ0v) is 17.0. The Hall–Kier alpha value is -2.08. The minimum absolute atomic E-state index is 0.00382. The maximum Gasteiger partial charge on any atom is 0.184 e. The first-order valence-electron chi connectivity index (χ1n) is 10.4. The molecule has 152 valence electrons. The molecule has 5 heteroatoms. The highest BCUT2D eigenvalue weighted by atomic mass is 16.6. The van der Waals surface area contributed by atoms with Crippen LogP contribution >= 0.6 is 0 Å². The van der Waals surface area contributed by atoms with E-state index in [0.29, 0.717) is 19.2 Å². The van der Waals surface area contributed by atoms with Crippen molar-refractivity contribution in [3.05, 3.63) is 60.2 Å². The first-order valence-corrected chi connectivity index (χ1v) is 10.4. The van der Waals surface area contributed by atoms with Crippen LogP contribution in [0.1, 0.15) is 25.8 Å². The molecule has 5 nitrogen and oxygen atoms in total. The highest BCUT2D eigenvalue weighted by Gasteiger charge is 2.28. The van der Waals surface area contributed by atoms with Gasteiger partial charge in [0.25, 0.3) is 0 Å². The SMILES string of the molecule is C[C@@H](CCc1ccccc1)[NH2+]C[C@H](O)C[NH2+][C@H](C)[C@H]1COc2ccccc2O1. The number of hydrogen-bond donors (Lipinski definition) is 3. The maximum atomic E-state index is 10.4. The van der Waals surface area contributed by atoms with Gasteiger partial charge >= 0.3 is 0 Å². The number of para-hydroxylation sites is 2. The summed E-state index contributed by atoms with van der Waals surface area (Å²) in [7, 11) is 0. The van der Waals surface area contributed by atoms with Gasteiger partial charge in [0, 0.05) is 6.42 Å². The molecule has 28 heavy (non-hydrogen) atoms. The van der Waals surface area contributed by atoms with E-state index in [1.54, 1.807) is 0 Å². The molecule has 0 unspecified atom stereocenters. The van der Waals surface area contributed by atoms with E-state index >= 15 is 0 Å². The van der Waals surface area contributed by atoms with Gasteiger partial charge < -0.3 is 25.2 Å². The molecule has 0 bridgehead atoms. The molecule has 1 aliphatic rings. The van der Waals surface area contributed by atoms with E-state index in [4.69, 9.17) is 9.47 Å². The van der Waals surface area contributed by atoms with Gasteiger partial charge in [-0.3, -0.25) is 0 Å². The van der Waals surface area contributed by atoms with Crippen molar-refractivity contribution in [2.75, 3.05) is 19.7 Å². The average molecular weight is 387 g/mol. The molecule has 3 rings (SSSR count). The van der Waals surface area contributed by atoms with E-state index in [1.165, 1.54) is 5.56 Å². The van der Waals surface area contributed by atoms with Crippen molar-refractivity contribution in [1.82, 2.24) is 0 Å². The number of fused-ring (bicyclic) bond motifs is 1. The second-order valence-electron chi connectivity index (χ2n) is 7.87. The molecule has 0 aliphatic carbocycles. The Morgan fingerprint density at radius 2 is 1.64 bits per heavy atom. The van der Waals surface area contributed by atoms with Crippen molar-refractivity contribution < 1.29 is 25.2 Å². The summed E-state index contributed by atoms with van der Waals surface area (Å²) in [5.41, 5.74) is 1.38. The van der Waals surface area contributed by atoms with E-state index in [9.17, 15) is 5.11 Å². The van der Waals surface area contributed by atoms with Crippen LogP contribution in [0.15, 0.2) is 54.6 Å². The number of aryl methyl sites for hydroxylation is 1. The van der Waals surface area contributed by atoms with Crippen molar-refractivity contribution in [1.29, 1.82) is 0 Å². The van der Waals surface area contributed by atoms with Crippen LogP contribution in [0.25, 0.3) is 0 Å². The summed E-state index contributed by atoms with van der Waals surface area (Å²) in [6.07, 6.45) is 1.86. The zero-order chi connectivity index (χ0) is 19.8. The van der Waals surface area contributed by atoms with Gasteiger partial charge in [-0.25, -0.2) is 0 Å². The van der Waals surface area contributed by atoms with Crippen LogP contribution in [0.2, 0.25) is 0 Å². The smallest absolute Gasteiger partial charge is 0.184 e. The summed E-state index contributed by atoms with van der Waals surface area (Å²) < 4.78 is 11.8. The molecule has 0 amide bonds. The molecule has 0 saturated heterocycles. The molecule has 1 heterocycles. The molecular weight excluding hydrogens is 352 g/mol. The number of benzene rings is 2. The van der Waals surface area contributed by atoms with Gasteiger partial charge in [-0.15, -0.1) is 0 Å². The van der Waals surface area contributed by atoms with E-state index in [0.717, 1.165) is 30.9 Å². The fraction of sp³-hybridized carbons (Fsp3) is 0.478.